The highest BCUT2D eigenvalue weighted by atomic mass is 28.4. The molecule has 29 heavy (non-hydrogen) atoms. The first-order valence-corrected chi connectivity index (χ1v) is 13.5. The Bertz CT molecular complexity index is 544. The zero-order valence-corrected chi connectivity index (χ0v) is 20.9. The van der Waals surface area contributed by atoms with Gasteiger partial charge in [-0.25, -0.2) is 0 Å². The van der Waals surface area contributed by atoms with Crippen molar-refractivity contribution in [3.8, 4) is 0 Å². The summed E-state index contributed by atoms with van der Waals surface area (Å²) in [6.45, 7) is 16.1. The summed E-state index contributed by atoms with van der Waals surface area (Å²) in [6, 6.07) is 0. The second kappa shape index (κ2) is 10.2. The van der Waals surface area contributed by atoms with E-state index in [0.717, 1.165) is 12.8 Å². The fourth-order valence-electron chi connectivity index (χ4n) is 4.84. The fourth-order valence-corrected chi connectivity index (χ4v) is 9.74. The third-order valence-corrected chi connectivity index (χ3v) is 11.3. The van der Waals surface area contributed by atoms with Crippen LogP contribution in [0, 0.1) is 0 Å². The van der Waals surface area contributed by atoms with Crippen molar-refractivity contribution in [2.75, 3.05) is 6.61 Å². The Morgan fingerprint density at radius 1 is 0.966 bits per heavy atom. The second-order valence-electron chi connectivity index (χ2n) is 10.9. The summed E-state index contributed by atoms with van der Waals surface area (Å²) in [4.78, 5) is 12.4. The molecule has 0 amide bonds. The highest BCUT2D eigenvalue weighted by Gasteiger charge is 2.62. The number of ketones is 1. The Balaban J connectivity index is 1.87. The maximum Gasteiger partial charge on any atom is 0.349 e. The van der Waals surface area contributed by atoms with E-state index >= 15 is 0 Å². The van der Waals surface area contributed by atoms with Gasteiger partial charge in [-0.15, -0.1) is 0 Å². The molecule has 2 aliphatic rings. The molecule has 0 aliphatic carbocycles. The predicted octanol–water partition coefficient (Wildman–Crippen LogP) is 6.48. The summed E-state index contributed by atoms with van der Waals surface area (Å²) in [6.07, 6.45) is 12.2. The molecule has 0 unspecified atom stereocenters. The van der Waals surface area contributed by atoms with E-state index in [4.69, 9.17) is 13.6 Å². The maximum atomic E-state index is 12.4. The molecule has 1 saturated heterocycles. The highest BCUT2D eigenvalue weighted by Crippen LogP contribution is 2.54. The lowest BCUT2D eigenvalue weighted by Crippen LogP contribution is -2.65. The summed E-state index contributed by atoms with van der Waals surface area (Å²) >= 11 is 0. The van der Waals surface area contributed by atoms with Crippen LogP contribution in [0.15, 0.2) is 12.2 Å². The Kier molecular flexibility index (Phi) is 8.72. The van der Waals surface area contributed by atoms with Crippen LogP contribution in [0.1, 0.15) is 99.8 Å². The lowest BCUT2D eigenvalue weighted by atomic mass is 10.0. The molecule has 0 aromatic carbocycles. The van der Waals surface area contributed by atoms with Gasteiger partial charge in [0.05, 0.1) is 18.8 Å². The zero-order valence-electron chi connectivity index (χ0n) is 19.9. The van der Waals surface area contributed by atoms with E-state index in [-0.39, 0.29) is 28.4 Å². The van der Waals surface area contributed by atoms with Crippen LogP contribution in [0.25, 0.3) is 0 Å². The van der Waals surface area contributed by atoms with Gasteiger partial charge >= 0.3 is 8.56 Å². The van der Waals surface area contributed by atoms with Crippen molar-refractivity contribution in [1.82, 2.24) is 0 Å². The number of carbonyl (C=O) groups is 1. The van der Waals surface area contributed by atoms with Gasteiger partial charge in [0.1, 0.15) is 11.9 Å². The molecular weight excluding hydrogens is 380 g/mol. The number of unbranched alkanes of at least 4 members (excludes halogenated alkanes) is 5. The Morgan fingerprint density at radius 2 is 1.59 bits per heavy atom. The van der Waals surface area contributed by atoms with Gasteiger partial charge in [0.25, 0.3) is 0 Å². The average Bonchev–Trinajstić information content (AvgIpc) is 2.62. The number of rotatable bonds is 9. The van der Waals surface area contributed by atoms with Crippen LogP contribution in [0.4, 0.5) is 0 Å². The van der Waals surface area contributed by atoms with Crippen LogP contribution in [0.3, 0.4) is 0 Å². The van der Waals surface area contributed by atoms with Crippen LogP contribution < -0.4 is 0 Å². The molecule has 0 aromatic heterocycles. The van der Waals surface area contributed by atoms with Gasteiger partial charge in [0.2, 0.25) is 0 Å². The minimum Gasteiger partial charge on any atom is -0.391 e. The Hall–Kier alpha value is -0.493. The molecule has 5 heteroatoms. The van der Waals surface area contributed by atoms with Crippen molar-refractivity contribution >= 4 is 14.3 Å². The third kappa shape index (κ3) is 6.25. The number of hydrogen-bond acceptors (Lipinski definition) is 4. The van der Waals surface area contributed by atoms with E-state index in [1.165, 1.54) is 25.7 Å². The molecule has 3 atom stereocenters. The number of ether oxygens (including phenoxy) is 1. The van der Waals surface area contributed by atoms with E-state index < -0.39 is 8.56 Å². The van der Waals surface area contributed by atoms with Gasteiger partial charge in [0.15, 0.2) is 0 Å². The first-order chi connectivity index (χ1) is 13.5. The zero-order chi connectivity index (χ0) is 21.7. The minimum atomic E-state index is -2.48. The SMILES string of the molecule is CCCCCCCCC(=O)C[C@H]1C=C[C@@H]2O[Si](C(C)(C)C)(C(C)(C)C)OC[C@H]2O1. The molecule has 2 heterocycles. The molecule has 4 nitrogen and oxygen atoms in total. The largest absolute Gasteiger partial charge is 0.391 e. The maximum absolute atomic E-state index is 12.4. The van der Waals surface area contributed by atoms with Gasteiger partial charge in [0, 0.05) is 22.9 Å². The van der Waals surface area contributed by atoms with E-state index in [1.54, 1.807) is 0 Å². The smallest absolute Gasteiger partial charge is 0.349 e. The number of hydrogen-bond donors (Lipinski definition) is 0. The van der Waals surface area contributed by atoms with Crippen molar-refractivity contribution in [2.24, 2.45) is 0 Å². The quantitative estimate of drug-likeness (QED) is 0.241. The van der Waals surface area contributed by atoms with E-state index in [0.29, 0.717) is 25.2 Å². The monoisotopic (exact) mass is 424 g/mol. The minimum absolute atomic E-state index is 0.0337. The molecule has 2 aliphatic heterocycles. The molecule has 0 radical (unpaired) electrons. The molecule has 0 saturated carbocycles. The molecule has 0 aromatic rings. The molecule has 1 fully saturated rings. The summed E-state index contributed by atoms with van der Waals surface area (Å²) in [5, 5.41) is -0.0675. The van der Waals surface area contributed by atoms with Crippen molar-refractivity contribution in [2.45, 2.75) is 128 Å². The Morgan fingerprint density at radius 3 is 2.21 bits per heavy atom. The van der Waals surface area contributed by atoms with Crippen LogP contribution in [-0.4, -0.2) is 39.3 Å². The summed E-state index contributed by atoms with van der Waals surface area (Å²) in [5.41, 5.74) is 0. The average molecular weight is 425 g/mol. The van der Waals surface area contributed by atoms with Crippen molar-refractivity contribution in [1.29, 1.82) is 0 Å². The molecule has 0 spiro atoms. The first kappa shape index (κ1) is 24.8. The van der Waals surface area contributed by atoms with Crippen molar-refractivity contribution in [3.05, 3.63) is 12.2 Å². The third-order valence-electron chi connectivity index (χ3n) is 6.20. The van der Waals surface area contributed by atoms with Crippen LogP contribution in [-0.2, 0) is 18.4 Å². The van der Waals surface area contributed by atoms with Gasteiger partial charge in [-0.1, -0.05) is 92.7 Å². The number of fused-ring (bicyclic) bond motifs is 1. The number of carbonyl (C=O) groups excluding carboxylic acids is 1. The molecule has 2 rings (SSSR count). The molecule has 0 bridgehead atoms. The van der Waals surface area contributed by atoms with Gasteiger partial charge in [-0.05, 0) is 6.42 Å². The Labute approximate surface area is 180 Å². The molecule has 0 N–H and O–H groups in total. The highest BCUT2D eigenvalue weighted by molar-refractivity contribution is 6.73. The van der Waals surface area contributed by atoms with Crippen LogP contribution in [0.2, 0.25) is 10.1 Å². The predicted molar refractivity (Wildman–Crippen MR) is 121 cm³/mol. The van der Waals surface area contributed by atoms with Crippen LogP contribution >= 0.6 is 0 Å². The van der Waals surface area contributed by atoms with E-state index in [1.807, 2.05) is 6.08 Å². The van der Waals surface area contributed by atoms with Gasteiger partial charge in [-0.2, -0.15) is 0 Å². The topological polar surface area (TPSA) is 44.8 Å². The molecular formula is C24H44O4Si. The molecule has 168 valence electrons. The lowest BCUT2D eigenvalue weighted by Gasteiger charge is -2.55. The van der Waals surface area contributed by atoms with Crippen LogP contribution in [0.5, 0.6) is 0 Å². The van der Waals surface area contributed by atoms with E-state index in [9.17, 15) is 4.79 Å². The number of Topliss-reactive ketones (excluding diaryl/α,β-unsaturated/α-hetero) is 1. The lowest BCUT2D eigenvalue weighted by molar-refractivity contribution is -0.132. The van der Waals surface area contributed by atoms with Gasteiger partial charge in [-0.3, -0.25) is 4.79 Å². The normalized spacial score (nSPS) is 26.9. The van der Waals surface area contributed by atoms with Crippen molar-refractivity contribution < 1.29 is 18.4 Å². The fraction of sp³-hybridized carbons (Fsp3) is 0.875. The van der Waals surface area contributed by atoms with Gasteiger partial charge < -0.3 is 13.6 Å². The van der Waals surface area contributed by atoms with E-state index in [2.05, 4.69) is 54.5 Å². The first-order valence-electron chi connectivity index (χ1n) is 11.7. The second-order valence-corrected chi connectivity index (χ2v) is 15.6. The summed E-state index contributed by atoms with van der Waals surface area (Å²) < 4.78 is 19.4. The summed E-state index contributed by atoms with van der Waals surface area (Å²) in [7, 11) is -2.48. The van der Waals surface area contributed by atoms with Crippen molar-refractivity contribution in [3.63, 3.8) is 0 Å². The standard InChI is InChI=1S/C24H44O4Si/c1-8-9-10-11-12-13-14-19(25)17-20-15-16-21-22(27-20)18-26-29(28-21,23(2,3)4)24(5,6)7/h15-16,20-22H,8-14,17-18H2,1-7H3/t20-,21+,22-/m1/s1. The summed E-state index contributed by atoms with van der Waals surface area (Å²) in [5.74, 6) is 0.305.